The monoisotopic (exact) mass is 300 g/mol. The van der Waals surface area contributed by atoms with Crippen LogP contribution in [0.4, 0.5) is 4.39 Å². The van der Waals surface area contributed by atoms with Crippen molar-refractivity contribution in [2.24, 2.45) is 0 Å². The summed E-state index contributed by atoms with van der Waals surface area (Å²) in [6, 6.07) is 7.79. The predicted molar refractivity (Wildman–Crippen MR) is 83.8 cm³/mol. The molecule has 2 N–H and O–H groups in total. The van der Waals surface area contributed by atoms with Gasteiger partial charge in [0, 0.05) is 23.9 Å². The topological polar surface area (TPSA) is 62.0 Å². The van der Waals surface area contributed by atoms with Gasteiger partial charge in [-0.05, 0) is 49.2 Å². The van der Waals surface area contributed by atoms with E-state index in [1.165, 1.54) is 24.3 Å². The van der Waals surface area contributed by atoms with E-state index in [1.54, 1.807) is 19.1 Å². The Kier molecular flexibility index (Phi) is 4.88. The fourth-order valence-electron chi connectivity index (χ4n) is 2.12. The van der Waals surface area contributed by atoms with Gasteiger partial charge < -0.3 is 10.3 Å². The third-order valence-corrected chi connectivity index (χ3v) is 3.21. The Morgan fingerprint density at radius 2 is 2.09 bits per heavy atom. The first-order chi connectivity index (χ1) is 10.5. The lowest BCUT2D eigenvalue weighted by Gasteiger charge is -2.06. The van der Waals surface area contributed by atoms with Gasteiger partial charge in [0.25, 0.3) is 5.56 Å². The number of hydrogen-bond acceptors (Lipinski definition) is 2. The van der Waals surface area contributed by atoms with E-state index in [0.29, 0.717) is 11.1 Å². The maximum atomic E-state index is 13.0. The zero-order valence-electron chi connectivity index (χ0n) is 12.4. The number of aryl methyl sites for hydroxylation is 2. The first kappa shape index (κ1) is 15.7. The summed E-state index contributed by atoms with van der Waals surface area (Å²) in [4.78, 5) is 26.3. The fourth-order valence-corrected chi connectivity index (χ4v) is 2.12. The number of aromatic nitrogens is 1. The quantitative estimate of drug-likeness (QED) is 0.852. The molecule has 0 radical (unpaired) electrons. The first-order valence-electron chi connectivity index (χ1n) is 6.86. The lowest BCUT2D eigenvalue weighted by molar-refractivity contribution is -0.116. The van der Waals surface area contributed by atoms with Crippen LogP contribution in [0, 0.1) is 19.7 Å². The van der Waals surface area contributed by atoms with E-state index in [4.69, 9.17) is 0 Å². The van der Waals surface area contributed by atoms with Crippen molar-refractivity contribution in [1.29, 1.82) is 0 Å². The molecule has 0 atom stereocenters. The zero-order valence-corrected chi connectivity index (χ0v) is 12.4. The standard InChI is InChI=1S/C17H17FN2O2/c1-11-8-12(2)20-17(22)15(11)10-19-16(21)7-6-13-4-3-5-14(18)9-13/h3-9H,10H2,1-2H3,(H,19,21)(H,20,22)/b7-6+. The van der Waals surface area contributed by atoms with Crippen LogP contribution in [0.3, 0.4) is 0 Å². The third kappa shape index (κ3) is 4.15. The molecule has 0 unspecified atom stereocenters. The van der Waals surface area contributed by atoms with Crippen LogP contribution in [0.15, 0.2) is 41.2 Å². The Labute approximate surface area is 127 Å². The molecule has 0 saturated heterocycles. The number of aromatic amines is 1. The van der Waals surface area contributed by atoms with Gasteiger partial charge in [-0.3, -0.25) is 9.59 Å². The van der Waals surface area contributed by atoms with Crippen LogP contribution in [0.2, 0.25) is 0 Å². The summed E-state index contributed by atoms with van der Waals surface area (Å²) in [5.41, 5.74) is 2.53. The molecule has 2 aromatic rings. The van der Waals surface area contributed by atoms with Gasteiger partial charge in [-0.15, -0.1) is 0 Å². The van der Waals surface area contributed by atoms with Crippen molar-refractivity contribution in [3.8, 4) is 0 Å². The molecule has 114 valence electrons. The van der Waals surface area contributed by atoms with E-state index in [2.05, 4.69) is 10.3 Å². The SMILES string of the molecule is Cc1cc(C)c(CNC(=O)/C=C/c2cccc(F)c2)c(=O)[nH]1. The molecule has 0 aliphatic rings. The maximum absolute atomic E-state index is 13.0. The molecule has 22 heavy (non-hydrogen) atoms. The number of H-pyrrole nitrogens is 1. The average molecular weight is 300 g/mol. The smallest absolute Gasteiger partial charge is 0.253 e. The summed E-state index contributed by atoms with van der Waals surface area (Å²) in [5.74, 6) is -0.701. The fraction of sp³-hybridized carbons (Fsp3) is 0.176. The van der Waals surface area contributed by atoms with Gasteiger partial charge >= 0.3 is 0 Å². The van der Waals surface area contributed by atoms with Gasteiger partial charge in [-0.2, -0.15) is 0 Å². The van der Waals surface area contributed by atoms with Crippen LogP contribution in [-0.2, 0) is 11.3 Å². The normalized spacial score (nSPS) is 10.9. The predicted octanol–water partition coefficient (Wildman–Crippen LogP) is 2.46. The van der Waals surface area contributed by atoms with Crippen molar-refractivity contribution in [1.82, 2.24) is 10.3 Å². The second-order valence-corrected chi connectivity index (χ2v) is 5.05. The van der Waals surface area contributed by atoms with Crippen LogP contribution in [0.25, 0.3) is 6.08 Å². The highest BCUT2D eigenvalue weighted by molar-refractivity contribution is 5.91. The number of halogens is 1. The van der Waals surface area contributed by atoms with E-state index in [9.17, 15) is 14.0 Å². The number of rotatable bonds is 4. The number of pyridine rings is 1. The molecule has 1 aromatic carbocycles. The molecule has 0 spiro atoms. The number of nitrogens with one attached hydrogen (secondary N) is 2. The highest BCUT2D eigenvalue weighted by Crippen LogP contribution is 2.06. The highest BCUT2D eigenvalue weighted by atomic mass is 19.1. The van der Waals surface area contributed by atoms with Crippen molar-refractivity contribution in [3.05, 3.63) is 75.0 Å². The summed E-state index contributed by atoms with van der Waals surface area (Å²) in [6.45, 7) is 3.78. The summed E-state index contributed by atoms with van der Waals surface area (Å²) in [6.07, 6.45) is 2.83. The Morgan fingerprint density at radius 3 is 2.77 bits per heavy atom. The summed E-state index contributed by atoms with van der Waals surface area (Å²) in [5, 5.41) is 2.65. The van der Waals surface area contributed by atoms with Crippen molar-refractivity contribution >= 4 is 12.0 Å². The van der Waals surface area contributed by atoms with E-state index in [0.717, 1.165) is 11.3 Å². The Hall–Kier alpha value is -2.69. The molecule has 5 heteroatoms. The Bertz CT molecular complexity index is 778. The molecular formula is C17H17FN2O2. The van der Waals surface area contributed by atoms with E-state index in [1.807, 2.05) is 13.0 Å². The molecule has 1 aromatic heterocycles. The molecular weight excluding hydrogens is 283 g/mol. The number of carbonyl (C=O) groups is 1. The van der Waals surface area contributed by atoms with E-state index in [-0.39, 0.29) is 23.8 Å². The number of amides is 1. The molecule has 2 rings (SSSR count). The Morgan fingerprint density at radius 1 is 1.32 bits per heavy atom. The first-order valence-corrected chi connectivity index (χ1v) is 6.86. The molecule has 0 aliphatic carbocycles. The van der Waals surface area contributed by atoms with Crippen LogP contribution in [0.5, 0.6) is 0 Å². The summed E-state index contributed by atoms with van der Waals surface area (Å²) < 4.78 is 13.0. The molecule has 0 fully saturated rings. The molecule has 0 aliphatic heterocycles. The zero-order chi connectivity index (χ0) is 16.1. The van der Waals surface area contributed by atoms with Gasteiger partial charge in [0.15, 0.2) is 0 Å². The van der Waals surface area contributed by atoms with Gasteiger partial charge in [0.05, 0.1) is 0 Å². The van der Waals surface area contributed by atoms with Gasteiger partial charge in [0.2, 0.25) is 5.91 Å². The number of hydrogen-bond donors (Lipinski definition) is 2. The van der Waals surface area contributed by atoms with Gasteiger partial charge in [0.1, 0.15) is 5.82 Å². The van der Waals surface area contributed by atoms with E-state index < -0.39 is 0 Å². The van der Waals surface area contributed by atoms with Crippen LogP contribution < -0.4 is 10.9 Å². The lowest BCUT2D eigenvalue weighted by Crippen LogP contribution is -2.26. The van der Waals surface area contributed by atoms with Gasteiger partial charge in [-0.25, -0.2) is 4.39 Å². The van der Waals surface area contributed by atoms with Crippen molar-refractivity contribution in [2.75, 3.05) is 0 Å². The van der Waals surface area contributed by atoms with Crippen LogP contribution >= 0.6 is 0 Å². The summed E-state index contributed by atoms with van der Waals surface area (Å²) >= 11 is 0. The van der Waals surface area contributed by atoms with Crippen molar-refractivity contribution in [3.63, 3.8) is 0 Å². The van der Waals surface area contributed by atoms with Crippen molar-refractivity contribution in [2.45, 2.75) is 20.4 Å². The highest BCUT2D eigenvalue weighted by Gasteiger charge is 2.06. The van der Waals surface area contributed by atoms with Crippen LogP contribution in [0.1, 0.15) is 22.4 Å². The minimum atomic E-state index is -0.357. The second kappa shape index (κ2) is 6.85. The number of carbonyl (C=O) groups excluding carboxylic acids is 1. The molecule has 0 bridgehead atoms. The van der Waals surface area contributed by atoms with Crippen molar-refractivity contribution < 1.29 is 9.18 Å². The minimum absolute atomic E-state index is 0.147. The van der Waals surface area contributed by atoms with Gasteiger partial charge in [-0.1, -0.05) is 12.1 Å². The average Bonchev–Trinajstić information content (AvgIpc) is 2.44. The minimum Gasteiger partial charge on any atom is -0.348 e. The third-order valence-electron chi connectivity index (χ3n) is 3.21. The molecule has 1 heterocycles. The molecule has 1 amide bonds. The number of benzene rings is 1. The second-order valence-electron chi connectivity index (χ2n) is 5.05. The largest absolute Gasteiger partial charge is 0.348 e. The maximum Gasteiger partial charge on any atom is 0.253 e. The molecule has 4 nitrogen and oxygen atoms in total. The summed E-state index contributed by atoms with van der Waals surface area (Å²) in [7, 11) is 0. The van der Waals surface area contributed by atoms with E-state index >= 15 is 0 Å². The Balaban J connectivity index is 2.00. The molecule has 0 saturated carbocycles. The lowest BCUT2D eigenvalue weighted by atomic mass is 10.1. The van der Waals surface area contributed by atoms with Crippen LogP contribution in [-0.4, -0.2) is 10.9 Å².